The third-order valence-electron chi connectivity index (χ3n) is 5.87. The Morgan fingerprint density at radius 2 is 1.85 bits per heavy atom. The molecule has 0 spiro atoms. The van der Waals surface area contributed by atoms with Crippen LogP contribution in [0.4, 0.5) is 5.69 Å². The predicted molar refractivity (Wildman–Crippen MR) is 135 cm³/mol. The van der Waals surface area contributed by atoms with E-state index in [2.05, 4.69) is 46.4 Å². The lowest BCUT2D eigenvalue weighted by molar-refractivity contribution is 0.174. The Labute approximate surface area is 206 Å². The highest BCUT2D eigenvalue weighted by Gasteiger charge is 2.43. The molecule has 2 aliphatic rings. The molecular formula is C26H21N3O3S2. The van der Waals surface area contributed by atoms with Crippen molar-refractivity contribution < 1.29 is 13.9 Å². The van der Waals surface area contributed by atoms with Gasteiger partial charge in [0, 0.05) is 22.8 Å². The van der Waals surface area contributed by atoms with Crippen LogP contribution < -0.4 is 19.7 Å². The third kappa shape index (κ3) is 3.89. The van der Waals surface area contributed by atoms with E-state index < -0.39 is 0 Å². The summed E-state index contributed by atoms with van der Waals surface area (Å²) < 4.78 is 17.5. The highest BCUT2D eigenvalue weighted by Crippen LogP contribution is 2.45. The van der Waals surface area contributed by atoms with Crippen LogP contribution in [0.3, 0.4) is 0 Å². The lowest BCUT2D eigenvalue weighted by Crippen LogP contribution is -2.29. The van der Waals surface area contributed by atoms with Gasteiger partial charge in [-0.3, -0.25) is 4.98 Å². The topological polar surface area (TPSA) is 59.8 Å². The number of rotatable bonds is 5. The van der Waals surface area contributed by atoms with Gasteiger partial charge < -0.3 is 24.1 Å². The minimum atomic E-state index is -0.227. The van der Waals surface area contributed by atoms with E-state index in [-0.39, 0.29) is 18.9 Å². The summed E-state index contributed by atoms with van der Waals surface area (Å²) in [5, 5.41) is 4.88. The Bertz CT molecular complexity index is 1340. The number of benzene rings is 2. The average molecular weight is 488 g/mol. The van der Waals surface area contributed by atoms with Gasteiger partial charge in [0.25, 0.3) is 0 Å². The first-order valence-electron chi connectivity index (χ1n) is 10.9. The molecule has 1 fully saturated rings. The summed E-state index contributed by atoms with van der Waals surface area (Å²) in [4.78, 5) is 7.79. The quantitative estimate of drug-likeness (QED) is 0.342. The van der Waals surface area contributed by atoms with Gasteiger partial charge in [-0.1, -0.05) is 35.5 Å². The van der Waals surface area contributed by atoms with E-state index in [0.717, 1.165) is 32.9 Å². The second-order valence-corrected chi connectivity index (χ2v) is 9.57. The molecule has 170 valence electrons. The molecule has 2 aromatic heterocycles. The number of hydrogen-bond donors (Lipinski definition) is 1. The molecule has 34 heavy (non-hydrogen) atoms. The Hall–Kier alpha value is -3.49. The van der Waals surface area contributed by atoms with E-state index in [9.17, 15) is 0 Å². The second kappa shape index (κ2) is 8.70. The van der Waals surface area contributed by atoms with Crippen LogP contribution in [0, 0.1) is 6.92 Å². The van der Waals surface area contributed by atoms with Gasteiger partial charge >= 0.3 is 0 Å². The molecule has 0 aliphatic carbocycles. The first kappa shape index (κ1) is 21.1. The van der Waals surface area contributed by atoms with E-state index in [1.54, 1.807) is 18.0 Å². The van der Waals surface area contributed by atoms with Gasteiger partial charge in [-0.25, -0.2) is 0 Å². The Kier molecular flexibility index (Phi) is 5.39. The number of hydrogen-bond acceptors (Lipinski definition) is 6. The predicted octanol–water partition coefficient (Wildman–Crippen LogP) is 6.04. The molecule has 0 amide bonds. The summed E-state index contributed by atoms with van der Waals surface area (Å²) in [6.45, 7) is 2.30. The van der Waals surface area contributed by atoms with Gasteiger partial charge in [0.15, 0.2) is 21.7 Å². The number of fused-ring (bicyclic) bond motifs is 1. The molecule has 4 aromatic rings. The maximum Gasteiger partial charge on any atom is 0.231 e. The zero-order chi connectivity index (χ0) is 23.1. The zero-order valence-corrected chi connectivity index (χ0v) is 19.9. The fourth-order valence-corrected chi connectivity index (χ4v) is 5.35. The van der Waals surface area contributed by atoms with Crippen molar-refractivity contribution in [3.63, 3.8) is 0 Å². The molecule has 2 atom stereocenters. The molecule has 0 radical (unpaired) electrons. The highest BCUT2D eigenvalue weighted by molar-refractivity contribution is 7.99. The van der Waals surface area contributed by atoms with Crippen LogP contribution in [0.1, 0.15) is 29.1 Å². The smallest absolute Gasteiger partial charge is 0.231 e. The lowest BCUT2D eigenvalue weighted by atomic mass is 10.0. The maximum atomic E-state index is 6.38. The van der Waals surface area contributed by atoms with Crippen LogP contribution in [0.25, 0.3) is 0 Å². The monoisotopic (exact) mass is 487 g/mol. The average Bonchev–Trinajstić information content (AvgIpc) is 3.59. The van der Waals surface area contributed by atoms with Crippen molar-refractivity contribution in [1.29, 1.82) is 0 Å². The molecule has 6 nitrogen and oxygen atoms in total. The van der Waals surface area contributed by atoms with Gasteiger partial charge in [-0.05, 0) is 67.7 Å². The molecule has 2 aliphatic heterocycles. The van der Waals surface area contributed by atoms with E-state index in [1.165, 1.54) is 5.56 Å². The fraction of sp³-hybridized carbons (Fsp3) is 0.154. The zero-order valence-electron chi connectivity index (χ0n) is 18.3. The maximum absolute atomic E-state index is 6.38. The third-order valence-corrected chi connectivity index (χ3v) is 7.11. The summed E-state index contributed by atoms with van der Waals surface area (Å²) in [5.74, 6) is 2.24. The first-order valence-corrected chi connectivity index (χ1v) is 12.1. The Morgan fingerprint density at radius 3 is 2.68 bits per heavy atom. The van der Waals surface area contributed by atoms with Crippen molar-refractivity contribution in [1.82, 2.24) is 10.3 Å². The fourth-order valence-electron chi connectivity index (χ4n) is 4.23. The number of thiocarbonyl (C=S) groups is 1. The van der Waals surface area contributed by atoms with Crippen LogP contribution in [-0.4, -0.2) is 16.9 Å². The van der Waals surface area contributed by atoms with Gasteiger partial charge in [-0.2, -0.15) is 0 Å². The minimum Gasteiger partial charge on any atom is -0.454 e. The standard InChI is InChI=1S/C26H21N3O3S2/c1-16-5-8-18(9-6-16)34-23-12-11-21(32-23)25-24(19-4-2-3-13-27-19)28-26(33)29(25)17-7-10-20-22(14-17)31-15-30-20/h2-14,24-25H,15H2,1H3,(H,28,33)/t24-,25-/m0/s1. The van der Waals surface area contributed by atoms with E-state index in [4.69, 9.17) is 26.1 Å². The summed E-state index contributed by atoms with van der Waals surface area (Å²) >= 11 is 7.39. The largest absolute Gasteiger partial charge is 0.454 e. The van der Waals surface area contributed by atoms with Crippen molar-refractivity contribution >= 4 is 34.8 Å². The van der Waals surface area contributed by atoms with Crippen molar-refractivity contribution in [2.75, 3.05) is 11.7 Å². The van der Waals surface area contributed by atoms with Gasteiger partial charge in [0.1, 0.15) is 11.8 Å². The number of pyridine rings is 1. The van der Waals surface area contributed by atoms with Crippen LogP contribution in [0.5, 0.6) is 11.5 Å². The van der Waals surface area contributed by atoms with Gasteiger partial charge in [0.2, 0.25) is 6.79 Å². The molecule has 2 aromatic carbocycles. The number of nitrogens with one attached hydrogen (secondary N) is 1. The molecule has 8 heteroatoms. The summed E-state index contributed by atoms with van der Waals surface area (Å²) in [6.07, 6.45) is 1.79. The molecule has 4 heterocycles. The summed E-state index contributed by atoms with van der Waals surface area (Å²) in [6, 6.07) is 23.8. The highest BCUT2D eigenvalue weighted by atomic mass is 32.2. The Balaban J connectivity index is 1.38. The van der Waals surface area contributed by atoms with Crippen molar-refractivity contribution in [3.8, 4) is 11.5 Å². The molecule has 6 rings (SSSR count). The van der Waals surface area contributed by atoms with Gasteiger partial charge in [-0.15, -0.1) is 0 Å². The molecular weight excluding hydrogens is 466 g/mol. The van der Waals surface area contributed by atoms with Crippen LogP contribution in [-0.2, 0) is 0 Å². The summed E-state index contributed by atoms with van der Waals surface area (Å²) in [7, 11) is 0. The number of ether oxygens (including phenoxy) is 2. The number of nitrogens with zero attached hydrogens (tertiary/aromatic N) is 2. The second-order valence-electron chi connectivity index (χ2n) is 8.11. The molecule has 0 unspecified atom stereocenters. The van der Waals surface area contributed by atoms with E-state index >= 15 is 0 Å². The SMILES string of the molecule is Cc1ccc(Sc2ccc([C@H]3[C@H](c4ccccn4)NC(=S)N3c3ccc4c(c3)OCO4)o2)cc1. The van der Waals surface area contributed by atoms with Gasteiger partial charge in [0.05, 0.1) is 11.7 Å². The number of aromatic nitrogens is 1. The number of aryl methyl sites for hydroxylation is 1. The molecule has 0 bridgehead atoms. The number of anilines is 1. The van der Waals surface area contributed by atoms with Crippen molar-refractivity contribution in [2.24, 2.45) is 0 Å². The normalized spacial score (nSPS) is 18.9. The van der Waals surface area contributed by atoms with Crippen LogP contribution >= 0.6 is 24.0 Å². The van der Waals surface area contributed by atoms with Crippen molar-refractivity contribution in [2.45, 2.75) is 29.0 Å². The van der Waals surface area contributed by atoms with Crippen molar-refractivity contribution in [3.05, 3.63) is 96.0 Å². The van der Waals surface area contributed by atoms with Crippen LogP contribution in [0.15, 0.2) is 93.4 Å². The van der Waals surface area contributed by atoms with Crippen LogP contribution in [0.2, 0.25) is 0 Å². The van der Waals surface area contributed by atoms with E-state index in [0.29, 0.717) is 10.9 Å². The van der Waals surface area contributed by atoms with E-state index in [1.807, 2.05) is 48.5 Å². The minimum absolute atomic E-state index is 0.178. The lowest BCUT2D eigenvalue weighted by Gasteiger charge is -2.26. The molecule has 1 saturated heterocycles. The molecule has 1 N–H and O–H groups in total. The first-order chi connectivity index (χ1) is 16.7. The molecule has 0 saturated carbocycles. The summed E-state index contributed by atoms with van der Waals surface area (Å²) in [5.41, 5.74) is 3.02. The number of furan rings is 1. The Morgan fingerprint density at radius 1 is 1.00 bits per heavy atom.